The minimum Gasteiger partial charge on any atom is -0.330 e. The largest absolute Gasteiger partial charge is 0.330 e. The lowest BCUT2D eigenvalue weighted by molar-refractivity contribution is 0.310. The molecule has 0 aromatic carbocycles. The highest BCUT2D eigenvalue weighted by Crippen LogP contribution is 2.32. The molecule has 1 rings (SSSR count). The van der Waals surface area contributed by atoms with E-state index in [4.69, 9.17) is 5.73 Å². The molecular formula is C12H23N. The van der Waals surface area contributed by atoms with E-state index >= 15 is 0 Å². The summed E-state index contributed by atoms with van der Waals surface area (Å²) in [7, 11) is 0. The van der Waals surface area contributed by atoms with Crippen molar-refractivity contribution >= 4 is 0 Å². The van der Waals surface area contributed by atoms with E-state index in [0.29, 0.717) is 0 Å². The van der Waals surface area contributed by atoms with Crippen LogP contribution in [0.2, 0.25) is 0 Å². The molecule has 0 spiro atoms. The zero-order valence-electron chi connectivity index (χ0n) is 9.05. The molecule has 0 unspecified atom stereocenters. The standard InChI is InChI=1S/C12H23N/c1-10(2)12-7-5-11(6-8-12)4-3-9-13/h4,10,12H,3,5-9,13H2,1-2H3. The average molecular weight is 181 g/mol. The highest BCUT2D eigenvalue weighted by atomic mass is 14.5. The fourth-order valence-electron chi connectivity index (χ4n) is 2.17. The number of nitrogens with two attached hydrogens (primary N) is 1. The first-order chi connectivity index (χ1) is 6.24. The van der Waals surface area contributed by atoms with Gasteiger partial charge in [-0.05, 0) is 50.5 Å². The van der Waals surface area contributed by atoms with Crippen molar-refractivity contribution in [3.05, 3.63) is 11.6 Å². The normalized spacial score (nSPS) is 23.7. The Labute approximate surface area is 82.4 Å². The van der Waals surface area contributed by atoms with Gasteiger partial charge in [0.15, 0.2) is 0 Å². The second kappa shape index (κ2) is 5.43. The molecule has 2 N–H and O–H groups in total. The van der Waals surface area contributed by atoms with Gasteiger partial charge in [-0.2, -0.15) is 0 Å². The lowest BCUT2D eigenvalue weighted by atomic mass is 9.79. The highest BCUT2D eigenvalue weighted by Gasteiger charge is 2.18. The minimum absolute atomic E-state index is 0.803. The van der Waals surface area contributed by atoms with E-state index in [2.05, 4.69) is 19.9 Å². The molecule has 0 atom stereocenters. The summed E-state index contributed by atoms with van der Waals surface area (Å²) >= 11 is 0. The molecule has 0 aromatic rings. The van der Waals surface area contributed by atoms with Crippen LogP contribution in [0.5, 0.6) is 0 Å². The third-order valence-corrected chi connectivity index (χ3v) is 3.21. The molecule has 0 heterocycles. The van der Waals surface area contributed by atoms with Crippen LogP contribution in [0.15, 0.2) is 11.6 Å². The van der Waals surface area contributed by atoms with Gasteiger partial charge in [-0.3, -0.25) is 0 Å². The molecule has 0 amide bonds. The smallest absolute Gasteiger partial charge is 0.00425 e. The van der Waals surface area contributed by atoms with E-state index in [1.165, 1.54) is 25.7 Å². The Kier molecular flexibility index (Phi) is 4.51. The molecular weight excluding hydrogens is 158 g/mol. The molecule has 1 nitrogen and oxygen atoms in total. The van der Waals surface area contributed by atoms with E-state index in [1.807, 2.05) is 0 Å². The fourth-order valence-corrected chi connectivity index (χ4v) is 2.17. The van der Waals surface area contributed by atoms with Crippen LogP contribution in [0.3, 0.4) is 0 Å². The lowest BCUT2D eigenvalue weighted by Crippen LogP contribution is -2.14. The zero-order chi connectivity index (χ0) is 9.68. The summed E-state index contributed by atoms with van der Waals surface area (Å²) in [4.78, 5) is 0. The van der Waals surface area contributed by atoms with Gasteiger partial charge < -0.3 is 5.73 Å². The third-order valence-electron chi connectivity index (χ3n) is 3.21. The quantitative estimate of drug-likeness (QED) is 0.665. The molecule has 76 valence electrons. The predicted octanol–water partition coefficient (Wildman–Crippen LogP) is 3.11. The van der Waals surface area contributed by atoms with Gasteiger partial charge in [0.2, 0.25) is 0 Å². The van der Waals surface area contributed by atoms with Crippen LogP contribution in [0.25, 0.3) is 0 Å². The van der Waals surface area contributed by atoms with E-state index in [0.717, 1.165) is 24.8 Å². The van der Waals surface area contributed by atoms with Crippen LogP contribution in [0.4, 0.5) is 0 Å². The predicted molar refractivity (Wildman–Crippen MR) is 58.6 cm³/mol. The van der Waals surface area contributed by atoms with Gasteiger partial charge in [0.05, 0.1) is 0 Å². The zero-order valence-corrected chi connectivity index (χ0v) is 9.05. The van der Waals surface area contributed by atoms with Crippen LogP contribution in [0, 0.1) is 11.8 Å². The molecule has 1 aliphatic rings. The van der Waals surface area contributed by atoms with E-state index in [-0.39, 0.29) is 0 Å². The molecule has 1 fully saturated rings. The Bertz CT molecular complexity index is 160. The van der Waals surface area contributed by atoms with Crippen molar-refractivity contribution in [3.63, 3.8) is 0 Å². The molecule has 1 aliphatic carbocycles. The summed E-state index contributed by atoms with van der Waals surface area (Å²) in [6.07, 6.45) is 8.87. The SMILES string of the molecule is CC(C)C1CCC(=CCCN)CC1. The molecule has 0 aliphatic heterocycles. The Morgan fingerprint density at radius 2 is 2.00 bits per heavy atom. The van der Waals surface area contributed by atoms with Gasteiger partial charge in [0.1, 0.15) is 0 Å². The van der Waals surface area contributed by atoms with Crippen LogP contribution >= 0.6 is 0 Å². The van der Waals surface area contributed by atoms with E-state index in [9.17, 15) is 0 Å². The number of rotatable bonds is 3. The van der Waals surface area contributed by atoms with Gasteiger partial charge in [-0.25, -0.2) is 0 Å². The van der Waals surface area contributed by atoms with E-state index < -0.39 is 0 Å². The van der Waals surface area contributed by atoms with E-state index in [1.54, 1.807) is 5.57 Å². The van der Waals surface area contributed by atoms with Crippen LogP contribution < -0.4 is 5.73 Å². The first kappa shape index (κ1) is 10.8. The number of hydrogen-bond acceptors (Lipinski definition) is 1. The Hall–Kier alpha value is -0.300. The number of allylic oxidation sites excluding steroid dienone is 1. The number of hydrogen-bond donors (Lipinski definition) is 1. The maximum Gasteiger partial charge on any atom is -0.00425 e. The molecule has 1 heteroatoms. The molecule has 13 heavy (non-hydrogen) atoms. The Balaban J connectivity index is 2.30. The second-order valence-electron chi connectivity index (χ2n) is 4.52. The first-order valence-corrected chi connectivity index (χ1v) is 5.62. The maximum absolute atomic E-state index is 5.48. The van der Waals surface area contributed by atoms with Crippen molar-refractivity contribution in [2.45, 2.75) is 46.0 Å². The Morgan fingerprint density at radius 3 is 2.46 bits per heavy atom. The summed E-state index contributed by atoms with van der Waals surface area (Å²) in [6.45, 7) is 5.50. The molecule has 0 saturated heterocycles. The monoisotopic (exact) mass is 181 g/mol. The van der Waals surface area contributed by atoms with Crippen molar-refractivity contribution in [2.75, 3.05) is 6.54 Å². The highest BCUT2D eigenvalue weighted by molar-refractivity contribution is 5.05. The Morgan fingerprint density at radius 1 is 1.38 bits per heavy atom. The van der Waals surface area contributed by atoms with Crippen molar-refractivity contribution in [1.82, 2.24) is 0 Å². The fraction of sp³-hybridized carbons (Fsp3) is 0.833. The van der Waals surface area contributed by atoms with Gasteiger partial charge in [-0.1, -0.05) is 25.5 Å². The summed E-state index contributed by atoms with van der Waals surface area (Å²) < 4.78 is 0. The summed E-state index contributed by atoms with van der Waals surface area (Å²) in [6, 6.07) is 0. The van der Waals surface area contributed by atoms with Crippen LogP contribution in [0.1, 0.15) is 46.0 Å². The molecule has 0 radical (unpaired) electrons. The van der Waals surface area contributed by atoms with Crippen LogP contribution in [-0.4, -0.2) is 6.54 Å². The maximum atomic E-state index is 5.48. The topological polar surface area (TPSA) is 26.0 Å². The van der Waals surface area contributed by atoms with Crippen molar-refractivity contribution < 1.29 is 0 Å². The van der Waals surface area contributed by atoms with Gasteiger partial charge in [-0.15, -0.1) is 0 Å². The van der Waals surface area contributed by atoms with Crippen molar-refractivity contribution in [3.8, 4) is 0 Å². The molecule has 1 saturated carbocycles. The van der Waals surface area contributed by atoms with Crippen molar-refractivity contribution in [2.24, 2.45) is 17.6 Å². The molecule has 0 bridgehead atoms. The molecule has 0 aromatic heterocycles. The summed E-state index contributed by atoms with van der Waals surface area (Å²) in [5.41, 5.74) is 7.13. The second-order valence-corrected chi connectivity index (χ2v) is 4.52. The third kappa shape index (κ3) is 3.51. The van der Waals surface area contributed by atoms with Crippen molar-refractivity contribution in [1.29, 1.82) is 0 Å². The minimum atomic E-state index is 0.803. The van der Waals surface area contributed by atoms with Gasteiger partial charge >= 0.3 is 0 Å². The van der Waals surface area contributed by atoms with Gasteiger partial charge in [0.25, 0.3) is 0 Å². The van der Waals surface area contributed by atoms with Crippen LogP contribution in [-0.2, 0) is 0 Å². The summed E-state index contributed by atoms with van der Waals surface area (Å²) in [5.74, 6) is 1.84. The average Bonchev–Trinajstić information content (AvgIpc) is 2.15. The van der Waals surface area contributed by atoms with Gasteiger partial charge in [0, 0.05) is 0 Å². The lowest BCUT2D eigenvalue weighted by Gasteiger charge is -2.26. The first-order valence-electron chi connectivity index (χ1n) is 5.62. The summed E-state index contributed by atoms with van der Waals surface area (Å²) in [5, 5.41) is 0.